The number of hydrogen-bond donors (Lipinski definition) is 2. The standard InChI is InChI=1S/C37H44N2O7/c1-5-6-13-22-38-33(40)32(39-36(43)46-37(2,3)4)24-28-20-18-27(19-21-28)23-31(34(41)44-25-29-14-9-7-10-15-29)35(42)45-26-30-16-11-8-12-17-30/h7-12,14-21,23,32H,5-6,13,22,24-26H2,1-4H3,(H,38,40)(H,39,43)/t32-/m0/s1. The van der Waals surface area contributed by atoms with E-state index < -0.39 is 29.7 Å². The van der Waals surface area contributed by atoms with Gasteiger partial charge in [0.1, 0.15) is 30.4 Å². The lowest BCUT2D eigenvalue weighted by Crippen LogP contribution is -2.49. The number of hydrogen-bond acceptors (Lipinski definition) is 7. The number of unbranched alkanes of at least 4 members (excludes halogenated alkanes) is 2. The summed E-state index contributed by atoms with van der Waals surface area (Å²) in [5.41, 5.74) is 1.88. The number of amides is 2. The van der Waals surface area contributed by atoms with E-state index in [0.29, 0.717) is 12.1 Å². The van der Waals surface area contributed by atoms with Crippen LogP contribution in [0.4, 0.5) is 4.79 Å². The minimum absolute atomic E-state index is 0.00549. The highest BCUT2D eigenvalue weighted by Gasteiger charge is 2.25. The molecule has 0 aromatic heterocycles. The summed E-state index contributed by atoms with van der Waals surface area (Å²) in [4.78, 5) is 51.7. The monoisotopic (exact) mass is 628 g/mol. The maximum atomic E-state index is 13.1. The van der Waals surface area contributed by atoms with Gasteiger partial charge in [0, 0.05) is 13.0 Å². The van der Waals surface area contributed by atoms with Crippen LogP contribution < -0.4 is 10.6 Å². The quantitative estimate of drug-likeness (QED) is 0.0506. The molecule has 3 rings (SSSR count). The summed E-state index contributed by atoms with van der Waals surface area (Å²) in [5.74, 6) is -1.93. The molecule has 0 fully saturated rings. The molecule has 9 nitrogen and oxygen atoms in total. The van der Waals surface area contributed by atoms with Gasteiger partial charge in [-0.1, -0.05) is 105 Å². The third-order valence-corrected chi connectivity index (χ3v) is 6.68. The molecule has 0 heterocycles. The first kappa shape index (κ1) is 35.6. The van der Waals surface area contributed by atoms with Gasteiger partial charge in [-0.2, -0.15) is 0 Å². The maximum absolute atomic E-state index is 13.1. The van der Waals surface area contributed by atoms with Gasteiger partial charge < -0.3 is 24.8 Å². The highest BCUT2D eigenvalue weighted by Crippen LogP contribution is 2.16. The molecule has 0 spiro atoms. The Kier molecular flexibility index (Phi) is 14.0. The SMILES string of the molecule is CCCCCNC(=O)[C@H](Cc1ccc(C=C(C(=O)OCc2ccccc2)C(=O)OCc2ccccc2)cc1)NC(=O)OC(C)(C)C. The van der Waals surface area contributed by atoms with Gasteiger partial charge >= 0.3 is 18.0 Å². The molecule has 0 radical (unpaired) electrons. The van der Waals surface area contributed by atoms with Crippen molar-refractivity contribution in [2.24, 2.45) is 0 Å². The van der Waals surface area contributed by atoms with E-state index in [0.717, 1.165) is 36.0 Å². The summed E-state index contributed by atoms with van der Waals surface area (Å²) >= 11 is 0. The number of ether oxygens (including phenoxy) is 3. The van der Waals surface area contributed by atoms with Crippen LogP contribution >= 0.6 is 0 Å². The van der Waals surface area contributed by atoms with Gasteiger partial charge in [0.15, 0.2) is 0 Å². The van der Waals surface area contributed by atoms with Gasteiger partial charge in [0.05, 0.1) is 0 Å². The smallest absolute Gasteiger partial charge is 0.408 e. The van der Waals surface area contributed by atoms with Gasteiger partial charge in [-0.05, 0) is 55.5 Å². The van der Waals surface area contributed by atoms with Crippen LogP contribution in [0.2, 0.25) is 0 Å². The van der Waals surface area contributed by atoms with Gasteiger partial charge in [-0.15, -0.1) is 0 Å². The molecule has 2 N–H and O–H groups in total. The largest absolute Gasteiger partial charge is 0.457 e. The summed E-state index contributed by atoms with van der Waals surface area (Å²) < 4.78 is 16.3. The van der Waals surface area contributed by atoms with Crippen molar-refractivity contribution in [2.45, 2.75) is 78.2 Å². The molecule has 0 saturated carbocycles. The Hall–Kier alpha value is -4.92. The predicted molar refractivity (Wildman–Crippen MR) is 176 cm³/mol. The average molecular weight is 629 g/mol. The van der Waals surface area contributed by atoms with Gasteiger partial charge in [0.25, 0.3) is 0 Å². The highest BCUT2D eigenvalue weighted by atomic mass is 16.6. The van der Waals surface area contributed by atoms with Crippen LogP contribution in [0.3, 0.4) is 0 Å². The molecule has 0 aliphatic carbocycles. The minimum atomic E-state index is -0.866. The molecule has 2 amide bonds. The summed E-state index contributed by atoms with van der Waals surface area (Å²) in [5, 5.41) is 5.58. The number of esters is 2. The first-order valence-corrected chi connectivity index (χ1v) is 15.5. The lowest BCUT2D eigenvalue weighted by atomic mass is 10.0. The van der Waals surface area contributed by atoms with Crippen molar-refractivity contribution in [1.29, 1.82) is 0 Å². The second-order valence-corrected chi connectivity index (χ2v) is 11.8. The van der Waals surface area contributed by atoms with Crippen molar-refractivity contribution < 1.29 is 33.4 Å². The van der Waals surface area contributed by atoms with E-state index in [1.54, 1.807) is 45.0 Å². The average Bonchev–Trinajstić information content (AvgIpc) is 3.03. The summed E-state index contributed by atoms with van der Waals surface area (Å²) in [6.07, 6.45) is 3.78. The Bertz CT molecular complexity index is 1390. The van der Waals surface area contributed by atoms with Crippen LogP contribution in [0, 0.1) is 0 Å². The number of alkyl carbamates (subject to hydrolysis) is 1. The lowest BCUT2D eigenvalue weighted by Gasteiger charge is -2.23. The van der Waals surface area contributed by atoms with Crippen molar-refractivity contribution in [1.82, 2.24) is 10.6 Å². The van der Waals surface area contributed by atoms with E-state index in [1.807, 2.05) is 60.7 Å². The number of carbonyl (C=O) groups excluding carboxylic acids is 4. The first-order chi connectivity index (χ1) is 22.0. The normalized spacial score (nSPS) is 11.5. The number of rotatable bonds is 15. The fourth-order valence-electron chi connectivity index (χ4n) is 4.32. The topological polar surface area (TPSA) is 120 Å². The van der Waals surface area contributed by atoms with Gasteiger partial charge in [0.2, 0.25) is 5.91 Å². The molecule has 0 unspecified atom stereocenters. The van der Waals surface area contributed by atoms with Crippen molar-refractivity contribution in [3.8, 4) is 0 Å². The van der Waals surface area contributed by atoms with Crippen LogP contribution in [0.1, 0.15) is 69.2 Å². The second kappa shape index (κ2) is 18.1. The molecule has 3 aromatic carbocycles. The molecule has 0 aliphatic rings. The molecule has 0 saturated heterocycles. The third-order valence-electron chi connectivity index (χ3n) is 6.68. The highest BCUT2D eigenvalue weighted by molar-refractivity contribution is 6.17. The zero-order valence-electron chi connectivity index (χ0n) is 27.0. The maximum Gasteiger partial charge on any atom is 0.408 e. The Labute approximate surface area is 271 Å². The van der Waals surface area contributed by atoms with Crippen LogP contribution in [-0.4, -0.2) is 42.1 Å². The minimum Gasteiger partial charge on any atom is -0.457 e. The number of benzene rings is 3. The Balaban J connectivity index is 1.77. The van der Waals surface area contributed by atoms with E-state index in [4.69, 9.17) is 14.2 Å². The summed E-state index contributed by atoms with van der Waals surface area (Å²) in [6.45, 7) is 7.83. The molecule has 9 heteroatoms. The lowest BCUT2D eigenvalue weighted by molar-refractivity contribution is -0.148. The number of nitrogens with one attached hydrogen (secondary N) is 2. The van der Waals surface area contributed by atoms with Crippen molar-refractivity contribution in [2.75, 3.05) is 6.54 Å². The first-order valence-electron chi connectivity index (χ1n) is 15.5. The second-order valence-electron chi connectivity index (χ2n) is 11.8. The molecule has 244 valence electrons. The third kappa shape index (κ3) is 13.0. The zero-order chi connectivity index (χ0) is 33.4. The fourth-order valence-corrected chi connectivity index (χ4v) is 4.32. The molecule has 0 aliphatic heterocycles. The van der Waals surface area contributed by atoms with Crippen LogP contribution in [0.25, 0.3) is 6.08 Å². The van der Waals surface area contributed by atoms with Crippen molar-refractivity contribution in [3.63, 3.8) is 0 Å². The molecule has 1 atom stereocenters. The molecule has 0 bridgehead atoms. The van der Waals surface area contributed by atoms with Gasteiger partial charge in [-0.25, -0.2) is 14.4 Å². The molecule has 3 aromatic rings. The fraction of sp³-hybridized carbons (Fsp3) is 0.351. The zero-order valence-corrected chi connectivity index (χ0v) is 27.0. The van der Waals surface area contributed by atoms with E-state index in [-0.39, 0.29) is 31.1 Å². The Morgan fingerprint density at radius 3 is 1.78 bits per heavy atom. The number of carbonyl (C=O) groups is 4. The molecule has 46 heavy (non-hydrogen) atoms. The van der Waals surface area contributed by atoms with Crippen LogP contribution in [-0.2, 0) is 48.2 Å². The predicted octanol–water partition coefficient (Wildman–Crippen LogP) is 6.30. The van der Waals surface area contributed by atoms with Crippen molar-refractivity contribution >= 4 is 30.0 Å². The molecular weight excluding hydrogens is 584 g/mol. The summed E-state index contributed by atoms with van der Waals surface area (Å²) in [7, 11) is 0. The van der Waals surface area contributed by atoms with Crippen molar-refractivity contribution in [3.05, 3.63) is 113 Å². The van der Waals surface area contributed by atoms with E-state index in [2.05, 4.69) is 17.6 Å². The summed E-state index contributed by atoms with van der Waals surface area (Å²) in [6, 6.07) is 24.4. The van der Waals surface area contributed by atoms with Crippen LogP contribution in [0.5, 0.6) is 0 Å². The molecular formula is C37H44N2O7. The van der Waals surface area contributed by atoms with E-state index >= 15 is 0 Å². The Morgan fingerprint density at radius 2 is 1.28 bits per heavy atom. The Morgan fingerprint density at radius 1 is 0.739 bits per heavy atom. The van der Waals surface area contributed by atoms with Gasteiger partial charge in [-0.3, -0.25) is 4.79 Å². The van der Waals surface area contributed by atoms with Crippen LogP contribution in [0.15, 0.2) is 90.5 Å². The van der Waals surface area contributed by atoms with E-state index in [9.17, 15) is 19.2 Å². The van der Waals surface area contributed by atoms with E-state index in [1.165, 1.54) is 6.08 Å².